The lowest BCUT2D eigenvalue weighted by Crippen LogP contribution is -2.56. The molecule has 32 heavy (non-hydrogen) atoms. The molecule has 1 aliphatic heterocycles. The highest BCUT2D eigenvalue weighted by Crippen LogP contribution is 2.32. The second-order valence-corrected chi connectivity index (χ2v) is 9.52. The van der Waals surface area contributed by atoms with Crippen LogP contribution < -0.4 is 10.6 Å². The maximum atomic E-state index is 12.8. The molecule has 6 nitrogen and oxygen atoms in total. The van der Waals surface area contributed by atoms with Gasteiger partial charge in [0, 0.05) is 47.5 Å². The van der Waals surface area contributed by atoms with Crippen molar-refractivity contribution in [3.8, 4) is 11.3 Å². The van der Waals surface area contributed by atoms with E-state index < -0.39 is 6.04 Å². The van der Waals surface area contributed by atoms with Crippen LogP contribution in [0.2, 0.25) is 5.02 Å². The Hall–Kier alpha value is -2.41. The quantitative estimate of drug-likeness (QED) is 0.609. The number of aromatic nitrogens is 2. The predicted octanol–water partition coefficient (Wildman–Crippen LogP) is 4.39. The number of rotatable bonds is 3. The molecule has 2 heterocycles. The van der Waals surface area contributed by atoms with Crippen molar-refractivity contribution >= 4 is 46.5 Å². The van der Waals surface area contributed by atoms with E-state index in [0.29, 0.717) is 31.2 Å². The molecular weight excluding hydrogens is 445 g/mol. The highest BCUT2D eigenvalue weighted by Gasteiger charge is 2.33. The summed E-state index contributed by atoms with van der Waals surface area (Å²) in [7, 11) is 0. The van der Waals surface area contributed by atoms with Crippen LogP contribution in [0.4, 0.5) is 5.82 Å². The van der Waals surface area contributed by atoms with E-state index in [1.807, 2.05) is 62.1 Å². The Bertz CT molecular complexity index is 1090. The normalized spacial score (nSPS) is 15.4. The average molecular weight is 474 g/mol. The lowest BCUT2D eigenvalue weighted by atomic mass is 9.86. The van der Waals surface area contributed by atoms with Gasteiger partial charge in [0.15, 0.2) is 5.82 Å². The maximum Gasteiger partial charge on any atom is 0.240 e. The minimum Gasteiger partial charge on any atom is -0.351 e. The number of piperazine rings is 1. The first-order valence-electron chi connectivity index (χ1n) is 10.6. The van der Waals surface area contributed by atoms with Crippen LogP contribution in [0.25, 0.3) is 22.0 Å². The first kappa shape index (κ1) is 24.2. The molecule has 0 radical (unpaired) electrons. The van der Waals surface area contributed by atoms with Crippen LogP contribution in [0.1, 0.15) is 20.8 Å². The lowest BCUT2D eigenvalue weighted by Gasteiger charge is -2.38. The van der Waals surface area contributed by atoms with E-state index in [-0.39, 0.29) is 23.7 Å². The fourth-order valence-electron chi connectivity index (χ4n) is 3.85. The van der Waals surface area contributed by atoms with Crippen LogP contribution in [0, 0.1) is 5.41 Å². The van der Waals surface area contributed by atoms with Gasteiger partial charge in [-0.25, -0.2) is 0 Å². The number of amides is 1. The molecule has 170 valence electrons. The Kier molecular flexibility index (Phi) is 7.28. The number of anilines is 1. The Morgan fingerprint density at radius 3 is 2.16 bits per heavy atom. The van der Waals surface area contributed by atoms with E-state index in [0.717, 1.165) is 27.8 Å². The molecule has 1 atom stereocenters. The molecule has 1 aliphatic rings. The van der Waals surface area contributed by atoms with E-state index in [1.165, 1.54) is 0 Å². The van der Waals surface area contributed by atoms with E-state index in [4.69, 9.17) is 17.3 Å². The van der Waals surface area contributed by atoms with Crippen LogP contribution in [0.5, 0.6) is 0 Å². The van der Waals surface area contributed by atoms with Gasteiger partial charge in [-0.05, 0) is 17.5 Å². The van der Waals surface area contributed by atoms with Gasteiger partial charge in [0.25, 0.3) is 0 Å². The molecule has 4 rings (SSSR count). The second kappa shape index (κ2) is 9.61. The highest BCUT2D eigenvalue weighted by molar-refractivity contribution is 6.30. The predicted molar refractivity (Wildman–Crippen MR) is 133 cm³/mol. The minimum atomic E-state index is -0.502. The Morgan fingerprint density at radius 1 is 0.969 bits per heavy atom. The Morgan fingerprint density at radius 2 is 1.56 bits per heavy atom. The zero-order valence-corrected chi connectivity index (χ0v) is 20.2. The van der Waals surface area contributed by atoms with Gasteiger partial charge in [-0.2, -0.15) is 0 Å². The van der Waals surface area contributed by atoms with E-state index >= 15 is 0 Å². The van der Waals surface area contributed by atoms with Crippen molar-refractivity contribution < 1.29 is 4.79 Å². The highest BCUT2D eigenvalue weighted by atomic mass is 35.5. The summed E-state index contributed by atoms with van der Waals surface area (Å²) in [5.41, 5.74) is 7.75. The molecule has 0 saturated carbocycles. The molecule has 1 saturated heterocycles. The molecule has 2 aromatic carbocycles. The standard InChI is InChI=1S/C24H28ClN5O.ClH/c1-24(2,3)21(26)23(31)30-14-12-29(13-15-30)22-19-7-5-4-6-18(19)20(27-28-22)16-8-10-17(25)11-9-16;/h4-11,21H,12-15,26H2,1-3H3;1H. The molecule has 1 fully saturated rings. The smallest absolute Gasteiger partial charge is 0.240 e. The van der Waals surface area contributed by atoms with Gasteiger partial charge in [0.1, 0.15) is 5.69 Å². The van der Waals surface area contributed by atoms with E-state index in [2.05, 4.69) is 27.2 Å². The number of carbonyl (C=O) groups excluding carboxylic acids is 1. The summed E-state index contributed by atoms with van der Waals surface area (Å²) >= 11 is 6.04. The number of benzene rings is 2. The summed E-state index contributed by atoms with van der Waals surface area (Å²) < 4.78 is 0. The summed E-state index contributed by atoms with van der Waals surface area (Å²) in [4.78, 5) is 16.8. The molecule has 1 unspecified atom stereocenters. The van der Waals surface area contributed by atoms with Crippen LogP contribution in [-0.4, -0.2) is 53.2 Å². The molecular formula is C24H29Cl2N5O. The van der Waals surface area contributed by atoms with Crippen molar-refractivity contribution in [2.45, 2.75) is 26.8 Å². The van der Waals surface area contributed by atoms with Crippen LogP contribution in [-0.2, 0) is 4.79 Å². The molecule has 1 amide bonds. The number of hydrogen-bond acceptors (Lipinski definition) is 5. The molecule has 0 aliphatic carbocycles. The van der Waals surface area contributed by atoms with Crippen LogP contribution in [0.3, 0.4) is 0 Å². The average Bonchev–Trinajstić information content (AvgIpc) is 2.77. The third kappa shape index (κ3) is 4.82. The number of hydrogen-bond donors (Lipinski definition) is 1. The molecule has 8 heteroatoms. The Balaban J connectivity index is 0.00000289. The molecule has 2 N–H and O–H groups in total. The minimum absolute atomic E-state index is 0. The van der Waals surface area contributed by atoms with Gasteiger partial charge in [0.05, 0.1) is 6.04 Å². The second-order valence-electron chi connectivity index (χ2n) is 9.08. The number of nitrogens with two attached hydrogens (primary N) is 1. The summed E-state index contributed by atoms with van der Waals surface area (Å²) in [6.07, 6.45) is 0. The SMILES string of the molecule is CC(C)(C)C(N)C(=O)N1CCN(c2nnc(-c3ccc(Cl)cc3)c3ccccc23)CC1.Cl. The van der Waals surface area contributed by atoms with Gasteiger partial charge in [0.2, 0.25) is 5.91 Å². The van der Waals surface area contributed by atoms with Gasteiger partial charge in [-0.1, -0.05) is 68.8 Å². The molecule has 3 aromatic rings. The van der Waals surface area contributed by atoms with Crippen molar-refractivity contribution in [1.82, 2.24) is 15.1 Å². The summed E-state index contributed by atoms with van der Waals surface area (Å²) in [5.74, 6) is 0.863. The van der Waals surface area contributed by atoms with Crippen LogP contribution in [0.15, 0.2) is 48.5 Å². The van der Waals surface area contributed by atoms with Gasteiger partial charge in [-0.15, -0.1) is 22.6 Å². The fourth-order valence-corrected chi connectivity index (χ4v) is 3.98. The zero-order valence-electron chi connectivity index (χ0n) is 18.6. The lowest BCUT2D eigenvalue weighted by molar-refractivity contribution is -0.135. The first-order chi connectivity index (χ1) is 14.8. The molecule has 0 spiro atoms. The summed E-state index contributed by atoms with van der Waals surface area (Å²) in [6.45, 7) is 8.62. The molecule has 1 aromatic heterocycles. The fraction of sp³-hybridized carbons (Fsp3) is 0.375. The monoisotopic (exact) mass is 473 g/mol. The number of halogens is 2. The Labute approximate surface area is 200 Å². The number of nitrogens with zero attached hydrogens (tertiary/aromatic N) is 4. The third-order valence-corrected chi connectivity index (χ3v) is 6.13. The van der Waals surface area contributed by atoms with Gasteiger partial charge >= 0.3 is 0 Å². The largest absolute Gasteiger partial charge is 0.351 e. The van der Waals surface area contributed by atoms with E-state index in [9.17, 15) is 4.79 Å². The maximum absolute atomic E-state index is 12.8. The summed E-state index contributed by atoms with van der Waals surface area (Å²) in [5, 5.41) is 11.9. The van der Waals surface area contributed by atoms with Crippen molar-refractivity contribution in [2.75, 3.05) is 31.1 Å². The van der Waals surface area contributed by atoms with Crippen LogP contribution >= 0.6 is 24.0 Å². The number of fused-ring (bicyclic) bond motifs is 1. The van der Waals surface area contributed by atoms with Crippen molar-refractivity contribution in [1.29, 1.82) is 0 Å². The van der Waals surface area contributed by atoms with Gasteiger partial charge in [-0.3, -0.25) is 4.79 Å². The first-order valence-corrected chi connectivity index (χ1v) is 10.9. The zero-order chi connectivity index (χ0) is 22.2. The van der Waals surface area contributed by atoms with Crippen molar-refractivity contribution in [2.24, 2.45) is 11.1 Å². The summed E-state index contributed by atoms with van der Waals surface area (Å²) in [6, 6.07) is 15.3. The van der Waals surface area contributed by atoms with Gasteiger partial charge < -0.3 is 15.5 Å². The van der Waals surface area contributed by atoms with Crippen molar-refractivity contribution in [3.05, 3.63) is 53.6 Å². The number of carbonyl (C=O) groups is 1. The topological polar surface area (TPSA) is 75.4 Å². The van der Waals surface area contributed by atoms with Crippen molar-refractivity contribution in [3.63, 3.8) is 0 Å². The molecule has 0 bridgehead atoms. The third-order valence-electron chi connectivity index (χ3n) is 5.88. The van der Waals surface area contributed by atoms with E-state index in [1.54, 1.807) is 0 Å².